The summed E-state index contributed by atoms with van der Waals surface area (Å²) in [7, 11) is 0. The summed E-state index contributed by atoms with van der Waals surface area (Å²) in [6, 6.07) is 0. The van der Waals surface area contributed by atoms with E-state index in [1.54, 1.807) is 6.20 Å². The zero-order chi connectivity index (χ0) is 13.3. The van der Waals surface area contributed by atoms with E-state index in [4.69, 9.17) is 0 Å². The van der Waals surface area contributed by atoms with Crippen LogP contribution in [0.3, 0.4) is 0 Å². The van der Waals surface area contributed by atoms with Crippen LogP contribution >= 0.6 is 15.9 Å². The van der Waals surface area contributed by atoms with Crippen LogP contribution in [-0.4, -0.2) is 14.9 Å². The van der Waals surface area contributed by atoms with Gasteiger partial charge in [-0.25, -0.2) is 0 Å². The van der Waals surface area contributed by atoms with Crippen molar-refractivity contribution in [3.05, 3.63) is 16.4 Å². The molecule has 1 saturated carbocycles. The fraction of sp³-hybridized carbons (Fsp3) is 0.786. The third-order valence-corrected chi connectivity index (χ3v) is 5.00. The van der Waals surface area contributed by atoms with Gasteiger partial charge < -0.3 is 5.11 Å². The summed E-state index contributed by atoms with van der Waals surface area (Å²) in [5.41, 5.74) is 1.15. The smallest absolute Gasteiger partial charge is 0.100 e. The topological polar surface area (TPSA) is 38.0 Å². The molecular formula is C14H23BrN2O. The third-order valence-electron chi connectivity index (χ3n) is 4.38. The Morgan fingerprint density at radius 3 is 2.89 bits per heavy atom. The van der Waals surface area contributed by atoms with E-state index in [9.17, 15) is 5.11 Å². The molecule has 0 saturated heterocycles. The zero-order valence-electron chi connectivity index (χ0n) is 11.5. The van der Waals surface area contributed by atoms with Gasteiger partial charge in [-0.15, -0.1) is 0 Å². The van der Waals surface area contributed by atoms with Gasteiger partial charge in [0.05, 0.1) is 16.4 Å². The molecule has 102 valence electrons. The van der Waals surface area contributed by atoms with Crippen LogP contribution in [0.25, 0.3) is 0 Å². The van der Waals surface area contributed by atoms with Crippen molar-refractivity contribution in [2.45, 2.75) is 59.1 Å². The minimum Gasteiger partial charge on any atom is -0.386 e. The maximum absolute atomic E-state index is 10.8. The van der Waals surface area contributed by atoms with E-state index in [-0.39, 0.29) is 5.41 Å². The molecule has 4 heteroatoms. The second-order valence-corrected chi connectivity index (χ2v) is 6.83. The minimum absolute atomic E-state index is 0.208. The largest absolute Gasteiger partial charge is 0.386 e. The highest BCUT2D eigenvalue weighted by Crippen LogP contribution is 2.47. The van der Waals surface area contributed by atoms with Crippen LogP contribution in [0.1, 0.15) is 58.3 Å². The molecule has 1 aliphatic rings. The monoisotopic (exact) mass is 314 g/mol. The van der Waals surface area contributed by atoms with Crippen molar-refractivity contribution < 1.29 is 5.11 Å². The summed E-state index contributed by atoms with van der Waals surface area (Å²) < 4.78 is 2.83. The summed E-state index contributed by atoms with van der Waals surface area (Å²) in [4.78, 5) is 0. The number of aliphatic hydroxyl groups is 1. The van der Waals surface area contributed by atoms with Gasteiger partial charge in [0.15, 0.2) is 0 Å². The molecule has 0 radical (unpaired) electrons. The lowest BCUT2D eigenvalue weighted by Gasteiger charge is -2.41. The average Bonchev–Trinajstić information content (AvgIpc) is 2.69. The van der Waals surface area contributed by atoms with Crippen molar-refractivity contribution in [3.8, 4) is 0 Å². The summed E-state index contributed by atoms with van der Waals surface area (Å²) in [6.45, 7) is 7.41. The van der Waals surface area contributed by atoms with Crippen LogP contribution in [0.5, 0.6) is 0 Å². The minimum atomic E-state index is -0.419. The first-order chi connectivity index (χ1) is 8.47. The van der Waals surface area contributed by atoms with Gasteiger partial charge in [-0.1, -0.05) is 26.7 Å². The van der Waals surface area contributed by atoms with Gasteiger partial charge >= 0.3 is 0 Å². The number of rotatable bonds is 3. The Labute approximate surface area is 118 Å². The zero-order valence-corrected chi connectivity index (χ0v) is 13.1. The molecule has 0 spiro atoms. The van der Waals surface area contributed by atoms with E-state index >= 15 is 0 Å². The van der Waals surface area contributed by atoms with E-state index < -0.39 is 6.10 Å². The van der Waals surface area contributed by atoms with E-state index in [1.165, 1.54) is 19.3 Å². The molecule has 0 aromatic carbocycles. The molecule has 0 aliphatic heterocycles. The molecule has 1 fully saturated rings. The van der Waals surface area contributed by atoms with Gasteiger partial charge in [0.25, 0.3) is 0 Å². The number of nitrogens with zero attached hydrogens (tertiary/aromatic N) is 2. The van der Waals surface area contributed by atoms with Gasteiger partial charge in [0.1, 0.15) is 6.10 Å². The number of halogens is 1. The Morgan fingerprint density at radius 1 is 1.56 bits per heavy atom. The Morgan fingerprint density at radius 2 is 2.28 bits per heavy atom. The fourth-order valence-corrected chi connectivity index (χ4v) is 3.75. The lowest BCUT2D eigenvalue weighted by atomic mass is 9.66. The molecule has 3 nitrogen and oxygen atoms in total. The highest BCUT2D eigenvalue weighted by atomic mass is 79.9. The van der Waals surface area contributed by atoms with E-state index in [1.807, 2.05) is 4.68 Å². The average molecular weight is 315 g/mol. The van der Waals surface area contributed by atoms with Crippen LogP contribution in [0, 0.1) is 11.3 Å². The van der Waals surface area contributed by atoms with E-state index in [2.05, 4.69) is 41.8 Å². The van der Waals surface area contributed by atoms with Crippen LogP contribution < -0.4 is 0 Å². The quantitative estimate of drug-likeness (QED) is 0.918. The van der Waals surface area contributed by atoms with Crippen molar-refractivity contribution in [2.24, 2.45) is 11.3 Å². The maximum Gasteiger partial charge on any atom is 0.100 e. The van der Waals surface area contributed by atoms with Crippen LogP contribution in [-0.2, 0) is 6.54 Å². The number of aryl methyl sites for hydroxylation is 1. The Kier molecular flexibility index (Phi) is 4.17. The summed E-state index contributed by atoms with van der Waals surface area (Å²) in [6.07, 6.45) is 6.19. The summed E-state index contributed by atoms with van der Waals surface area (Å²) >= 11 is 3.52. The number of aromatic nitrogens is 2. The molecule has 1 N–H and O–H groups in total. The SMILES string of the molecule is CCn1ncc(Br)c1C(O)C1CCCCC1(C)C. The molecule has 0 amide bonds. The molecule has 1 aliphatic carbocycles. The van der Waals surface area contributed by atoms with Crippen molar-refractivity contribution in [1.82, 2.24) is 9.78 Å². The second kappa shape index (κ2) is 5.33. The Hall–Kier alpha value is -0.350. The number of hydrogen-bond acceptors (Lipinski definition) is 2. The first-order valence-electron chi connectivity index (χ1n) is 6.86. The van der Waals surface area contributed by atoms with Crippen molar-refractivity contribution in [2.75, 3.05) is 0 Å². The molecule has 2 atom stereocenters. The molecule has 18 heavy (non-hydrogen) atoms. The predicted octanol–water partition coefficient (Wildman–Crippen LogP) is 3.92. The second-order valence-electron chi connectivity index (χ2n) is 5.98. The van der Waals surface area contributed by atoms with E-state index in [0.717, 1.165) is 23.1 Å². The van der Waals surface area contributed by atoms with E-state index in [0.29, 0.717) is 5.92 Å². The lowest BCUT2D eigenvalue weighted by Crippen LogP contribution is -2.33. The summed E-state index contributed by atoms with van der Waals surface area (Å²) in [5, 5.41) is 15.1. The number of aliphatic hydroxyl groups excluding tert-OH is 1. The first kappa shape index (κ1) is 14.1. The van der Waals surface area contributed by atoms with Gasteiger partial charge in [0, 0.05) is 6.54 Å². The van der Waals surface area contributed by atoms with Gasteiger partial charge in [-0.3, -0.25) is 4.68 Å². The fourth-order valence-electron chi connectivity index (χ4n) is 3.21. The number of hydrogen-bond donors (Lipinski definition) is 1. The molecule has 2 rings (SSSR count). The molecule has 0 bridgehead atoms. The van der Waals surface area contributed by atoms with Crippen LogP contribution in [0.15, 0.2) is 10.7 Å². The Balaban J connectivity index is 2.29. The standard InChI is InChI=1S/C14H23BrN2O/c1-4-17-12(11(15)9-16-17)13(18)10-7-5-6-8-14(10,2)3/h9-10,13,18H,4-8H2,1-3H3. The third kappa shape index (κ3) is 2.50. The maximum atomic E-state index is 10.8. The molecule has 2 unspecified atom stereocenters. The predicted molar refractivity (Wildman–Crippen MR) is 76.3 cm³/mol. The normalized spacial score (nSPS) is 25.1. The highest BCUT2D eigenvalue weighted by molar-refractivity contribution is 9.10. The first-order valence-corrected chi connectivity index (χ1v) is 7.66. The van der Waals surface area contributed by atoms with Crippen LogP contribution in [0.2, 0.25) is 0 Å². The molecule has 1 aromatic heterocycles. The van der Waals surface area contributed by atoms with Crippen LogP contribution in [0.4, 0.5) is 0 Å². The molecule has 1 aromatic rings. The highest BCUT2D eigenvalue weighted by Gasteiger charge is 2.39. The molecule has 1 heterocycles. The lowest BCUT2D eigenvalue weighted by molar-refractivity contribution is -0.00138. The van der Waals surface area contributed by atoms with Crippen molar-refractivity contribution >= 4 is 15.9 Å². The molecular weight excluding hydrogens is 292 g/mol. The Bertz CT molecular complexity index is 414. The van der Waals surface area contributed by atoms with Crippen molar-refractivity contribution in [3.63, 3.8) is 0 Å². The summed E-state index contributed by atoms with van der Waals surface area (Å²) in [5.74, 6) is 0.324. The van der Waals surface area contributed by atoms with Gasteiger partial charge in [-0.05, 0) is 47.0 Å². The van der Waals surface area contributed by atoms with Crippen molar-refractivity contribution in [1.29, 1.82) is 0 Å². The van der Waals surface area contributed by atoms with Gasteiger partial charge in [-0.2, -0.15) is 5.10 Å². The van der Waals surface area contributed by atoms with Gasteiger partial charge in [0.2, 0.25) is 0 Å².